The standard InChI is InChI=1S/C12H12F8NO7PS/c1-27-7-4-2-6(3-5-7)8(29(22,23)24)21-30(25,26)12(19,20)11(17,18)28-10(15,16)9(13)14/h2-5,8-9,21H,1H3,(H2,22,23,24). The molecule has 0 spiro atoms. The van der Waals surface area contributed by atoms with Crippen molar-refractivity contribution in [2.45, 2.75) is 29.7 Å². The fraction of sp³-hybridized carbons (Fsp3) is 0.500. The molecular formula is C12H12F8NO7PS. The van der Waals surface area contributed by atoms with Gasteiger partial charge in [0.1, 0.15) is 11.5 Å². The Morgan fingerprint density at radius 3 is 1.87 bits per heavy atom. The second-order valence-corrected chi connectivity index (χ2v) is 8.83. The summed E-state index contributed by atoms with van der Waals surface area (Å²) in [6.45, 7) is 0. The van der Waals surface area contributed by atoms with Gasteiger partial charge in [-0.05, 0) is 17.7 Å². The summed E-state index contributed by atoms with van der Waals surface area (Å²) >= 11 is 0. The molecule has 1 unspecified atom stereocenters. The van der Waals surface area contributed by atoms with E-state index in [9.17, 15) is 57.9 Å². The molecule has 0 radical (unpaired) electrons. The van der Waals surface area contributed by atoms with Gasteiger partial charge in [0.25, 0.3) is 10.0 Å². The lowest BCUT2D eigenvalue weighted by atomic mass is 10.2. The average molecular weight is 497 g/mol. The van der Waals surface area contributed by atoms with Gasteiger partial charge in [-0.3, -0.25) is 4.57 Å². The van der Waals surface area contributed by atoms with Crippen LogP contribution in [0.4, 0.5) is 35.1 Å². The maximum atomic E-state index is 13.8. The van der Waals surface area contributed by atoms with Crippen molar-refractivity contribution in [2.75, 3.05) is 7.11 Å². The molecule has 174 valence electrons. The largest absolute Gasteiger partial charge is 0.497 e. The molecule has 0 bridgehead atoms. The molecule has 30 heavy (non-hydrogen) atoms. The highest BCUT2D eigenvalue weighted by atomic mass is 32.2. The molecule has 0 saturated carbocycles. The minimum Gasteiger partial charge on any atom is -0.497 e. The Morgan fingerprint density at radius 1 is 1.03 bits per heavy atom. The third-order valence-corrected chi connectivity index (χ3v) is 5.96. The van der Waals surface area contributed by atoms with Gasteiger partial charge in [-0.1, -0.05) is 12.1 Å². The van der Waals surface area contributed by atoms with Gasteiger partial charge >= 0.3 is 31.5 Å². The molecule has 1 rings (SSSR count). The van der Waals surface area contributed by atoms with Crippen LogP contribution in [0.3, 0.4) is 0 Å². The van der Waals surface area contributed by atoms with E-state index in [1.807, 2.05) is 4.74 Å². The first-order valence-electron chi connectivity index (χ1n) is 7.11. The summed E-state index contributed by atoms with van der Waals surface area (Å²) in [5, 5.41) is -6.67. The van der Waals surface area contributed by atoms with Gasteiger partial charge in [0.2, 0.25) is 0 Å². The predicted molar refractivity (Wildman–Crippen MR) is 81.8 cm³/mol. The summed E-state index contributed by atoms with van der Waals surface area (Å²) in [7, 11) is -11.5. The lowest BCUT2D eigenvalue weighted by molar-refractivity contribution is -0.435. The Morgan fingerprint density at radius 2 is 1.50 bits per heavy atom. The number of rotatable bonds is 10. The molecule has 8 nitrogen and oxygen atoms in total. The number of hydrogen-bond acceptors (Lipinski definition) is 5. The molecule has 0 aliphatic heterocycles. The maximum absolute atomic E-state index is 13.8. The number of methoxy groups -OCH3 is 1. The summed E-state index contributed by atoms with van der Waals surface area (Å²) in [6, 6.07) is 3.52. The monoisotopic (exact) mass is 497 g/mol. The molecule has 0 amide bonds. The van der Waals surface area contributed by atoms with Crippen LogP contribution in [0.15, 0.2) is 24.3 Å². The van der Waals surface area contributed by atoms with Crippen molar-refractivity contribution in [2.24, 2.45) is 0 Å². The van der Waals surface area contributed by atoms with Crippen LogP contribution in [0.1, 0.15) is 11.3 Å². The normalized spacial score (nSPS) is 15.3. The third-order valence-electron chi connectivity index (χ3n) is 3.23. The Labute approximate surface area is 163 Å². The molecule has 0 fully saturated rings. The molecule has 3 N–H and O–H groups in total. The van der Waals surface area contributed by atoms with Crippen LogP contribution >= 0.6 is 7.60 Å². The topological polar surface area (TPSA) is 122 Å². The van der Waals surface area contributed by atoms with E-state index >= 15 is 0 Å². The zero-order valence-corrected chi connectivity index (χ0v) is 16.0. The Balaban J connectivity index is 3.35. The van der Waals surface area contributed by atoms with Gasteiger partial charge in [0, 0.05) is 0 Å². The zero-order valence-electron chi connectivity index (χ0n) is 14.3. The fourth-order valence-corrected chi connectivity index (χ4v) is 4.23. The number of hydrogen-bond donors (Lipinski definition) is 3. The zero-order chi connectivity index (χ0) is 23.8. The van der Waals surface area contributed by atoms with E-state index in [4.69, 9.17) is 4.74 Å². The van der Waals surface area contributed by atoms with Crippen molar-refractivity contribution >= 4 is 17.6 Å². The number of nitrogens with one attached hydrogen (secondary N) is 1. The SMILES string of the molecule is COc1ccc(C(NS(=O)(=O)C(F)(F)C(F)(F)OC(F)(F)C(F)F)P(=O)(O)O)cc1. The lowest BCUT2D eigenvalue weighted by Gasteiger charge is -2.30. The van der Waals surface area contributed by atoms with Crippen LogP contribution in [0.5, 0.6) is 5.75 Å². The van der Waals surface area contributed by atoms with Crippen LogP contribution < -0.4 is 9.46 Å². The van der Waals surface area contributed by atoms with Crippen LogP contribution in [-0.4, -0.2) is 49.2 Å². The first kappa shape index (κ1) is 26.5. The van der Waals surface area contributed by atoms with E-state index in [2.05, 4.69) is 0 Å². The van der Waals surface area contributed by atoms with Crippen molar-refractivity contribution in [3.8, 4) is 5.75 Å². The Kier molecular flexibility index (Phi) is 7.55. The lowest BCUT2D eigenvalue weighted by Crippen LogP contribution is -2.56. The molecular weight excluding hydrogens is 485 g/mol. The first-order chi connectivity index (χ1) is 13.3. The molecule has 1 atom stereocenters. The van der Waals surface area contributed by atoms with Gasteiger partial charge in [0.15, 0.2) is 0 Å². The van der Waals surface area contributed by atoms with Crippen molar-refractivity contribution < 1.29 is 67.4 Å². The number of ether oxygens (including phenoxy) is 2. The van der Waals surface area contributed by atoms with Crippen molar-refractivity contribution in [1.29, 1.82) is 0 Å². The molecule has 0 aromatic heterocycles. The van der Waals surface area contributed by atoms with Crippen LogP contribution in [0.2, 0.25) is 0 Å². The second-order valence-electron chi connectivity index (χ2n) is 5.38. The summed E-state index contributed by atoms with van der Waals surface area (Å²) < 4.78 is 146. The molecule has 0 saturated heterocycles. The Bertz CT molecular complexity index is 890. The van der Waals surface area contributed by atoms with E-state index < -0.39 is 52.9 Å². The number of benzene rings is 1. The van der Waals surface area contributed by atoms with Gasteiger partial charge in [-0.2, -0.15) is 31.1 Å². The van der Waals surface area contributed by atoms with Crippen LogP contribution in [0, 0.1) is 0 Å². The Hall–Kier alpha value is -1.52. The van der Waals surface area contributed by atoms with E-state index in [0.717, 1.165) is 31.4 Å². The maximum Gasteiger partial charge on any atom is 0.448 e. The van der Waals surface area contributed by atoms with Gasteiger partial charge in [-0.25, -0.2) is 21.9 Å². The molecule has 0 heterocycles. The van der Waals surface area contributed by atoms with Crippen molar-refractivity contribution in [3.05, 3.63) is 29.8 Å². The second kappa shape index (κ2) is 8.55. The fourth-order valence-electron chi connectivity index (χ4n) is 1.77. The number of halogens is 8. The molecule has 1 aromatic carbocycles. The average Bonchev–Trinajstić information content (AvgIpc) is 2.57. The summed E-state index contributed by atoms with van der Waals surface area (Å²) in [5.74, 6) is -2.82. The highest BCUT2D eigenvalue weighted by Gasteiger charge is 2.72. The van der Waals surface area contributed by atoms with Crippen LogP contribution in [-0.2, 0) is 19.3 Å². The molecule has 1 aromatic rings. The number of alkyl halides is 8. The highest BCUT2D eigenvalue weighted by Crippen LogP contribution is 2.52. The van der Waals surface area contributed by atoms with Gasteiger partial charge < -0.3 is 14.5 Å². The molecule has 0 aliphatic carbocycles. The predicted octanol–water partition coefficient (Wildman–Crippen LogP) is 2.85. The van der Waals surface area contributed by atoms with E-state index in [1.54, 1.807) is 0 Å². The minimum absolute atomic E-state index is 0.0607. The van der Waals surface area contributed by atoms with Gasteiger partial charge in [-0.15, -0.1) is 0 Å². The summed E-state index contributed by atoms with van der Waals surface area (Å²) in [5.41, 5.74) is -0.717. The first-order valence-corrected chi connectivity index (χ1v) is 10.3. The van der Waals surface area contributed by atoms with E-state index in [-0.39, 0.29) is 5.75 Å². The molecule has 18 heteroatoms. The smallest absolute Gasteiger partial charge is 0.448 e. The van der Waals surface area contributed by atoms with Crippen molar-refractivity contribution in [1.82, 2.24) is 4.72 Å². The highest BCUT2D eigenvalue weighted by molar-refractivity contribution is 7.90. The van der Waals surface area contributed by atoms with E-state index in [1.165, 1.54) is 0 Å². The van der Waals surface area contributed by atoms with Gasteiger partial charge in [0.05, 0.1) is 7.11 Å². The van der Waals surface area contributed by atoms with E-state index in [0.29, 0.717) is 4.72 Å². The van der Waals surface area contributed by atoms with Crippen LogP contribution in [0.25, 0.3) is 0 Å². The molecule has 0 aliphatic rings. The summed E-state index contributed by atoms with van der Waals surface area (Å²) in [4.78, 5) is 18.4. The number of sulfonamides is 1. The van der Waals surface area contributed by atoms with Crippen molar-refractivity contribution in [3.63, 3.8) is 0 Å². The summed E-state index contributed by atoms with van der Waals surface area (Å²) in [6.07, 6.45) is -17.9. The minimum atomic E-state index is -6.92. The quantitative estimate of drug-likeness (QED) is 0.336. The third kappa shape index (κ3) is 5.59.